The monoisotopic (exact) mass is 765 g/mol. The second-order valence-corrected chi connectivity index (χ2v) is 15.5. The van der Waals surface area contributed by atoms with Gasteiger partial charge in [-0.2, -0.15) is 0 Å². The van der Waals surface area contributed by atoms with E-state index in [1.807, 2.05) is 12.1 Å². The molecule has 2 aliphatic carbocycles. The molecule has 0 atom stereocenters. The lowest BCUT2D eigenvalue weighted by molar-refractivity contribution is 0.788. The van der Waals surface area contributed by atoms with Gasteiger partial charge in [0.15, 0.2) is 5.82 Å². The molecular formula is C57H39N3. The van der Waals surface area contributed by atoms with E-state index in [2.05, 4.69) is 212 Å². The zero-order valence-electron chi connectivity index (χ0n) is 32.9. The number of allylic oxidation sites excluding steroid dienone is 1. The third-order valence-electron chi connectivity index (χ3n) is 12.0. The number of fused-ring (bicyclic) bond motifs is 10. The normalized spacial score (nSPS) is 13.2. The van der Waals surface area contributed by atoms with E-state index in [-0.39, 0.29) is 0 Å². The Labute approximate surface area is 350 Å². The smallest absolute Gasteiger partial charge is 0.160 e. The predicted octanol–water partition coefficient (Wildman–Crippen LogP) is 13.5. The minimum Gasteiger partial charge on any atom is -0.280 e. The number of nitrogens with zero attached hydrogens (tertiary/aromatic N) is 3. The van der Waals surface area contributed by atoms with Gasteiger partial charge in [-0.15, -0.1) is 0 Å². The minimum atomic E-state index is -0.539. The van der Waals surface area contributed by atoms with E-state index < -0.39 is 5.41 Å². The molecule has 0 aliphatic heterocycles. The summed E-state index contributed by atoms with van der Waals surface area (Å²) in [4.78, 5) is 16.1. The molecule has 1 spiro atoms. The second-order valence-electron chi connectivity index (χ2n) is 15.5. The average molecular weight is 766 g/mol. The minimum absolute atomic E-state index is 0.539. The van der Waals surface area contributed by atoms with Crippen LogP contribution in [0.5, 0.6) is 0 Å². The molecule has 0 radical (unpaired) electrons. The molecule has 0 saturated carbocycles. The van der Waals surface area contributed by atoms with E-state index in [1.54, 1.807) is 0 Å². The molecule has 8 aromatic carbocycles. The standard InChI is InChI=1S/C57H39N3/c1-4-16-39(17-5-1)28-37-52(58-38-40-18-6-2-7-19-40)43-33-29-41(30-34-43)42-31-35-45(36-32-42)56-59-54(44-20-8-3-9-21-44)53-55(60-56)48-24-12-15-27-51(48)57(53)49-25-13-10-22-46(49)47-23-11-14-26-50(47)57/h1-37H,38H2/b37-28+,58-52+. The van der Waals surface area contributed by atoms with Crippen molar-refractivity contribution in [2.45, 2.75) is 12.0 Å². The predicted molar refractivity (Wildman–Crippen MR) is 247 cm³/mol. The molecule has 0 bridgehead atoms. The van der Waals surface area contributed by atoms with Crippen molar-refractivity contribution < 1.29 is 0 Å². The van der Waals surface area contributed by atoms with E-state index in [0.29, 0.717) is 12.4 Å². The van der Waals surface area contributed by atoms with Crippen molar-refractivity contribution in [3.8, 4) is 56.2 Å². The van der Waals surface area contributed by atoms with E-state index in [0.717, 1.165) is 61.6 Å². The maximum absolute atomic E-state index is 5.51. The van der Waals surface area contributed by atoms with Gasteiger partial charge < -0.3 is 0 Å². The Morgan fingerprint density at radius 3 is 1.55 bits per heavy atom. The van der Waals surface area contributed by atoms with Crippen LogP contribution < -0.4 is 0 Å². The SMILES string of the molecule is C(=C\c1ccccc1)/C(=N\Cc1ccccc1)c1ccc(-c2ccc(-c3nc(-c4ccccc4)c4c(n3)-c3ccccc3C43c4ccccc4-c4ccccc43)cc2)cc1. The Morgan fingerprint density at radius 1 is 0.433 bits per heavy atom. The van der Waals surface area contributed by atoms with Crippen molar-refractivity contribution in [1.29, 1.82) is 0 Å². The first-order chi connectivity index (χ1) is 29.8. The summed E-state index contributed by atoms with van der Waals surface area (Å²) in [5, 5.41) is 0. The fourth-order valence-corrected chi connectivity index (χ4v) is 9.28. The number of aliphatic imine (C=N–C) groups is 1. The number of hydrogen-bond acceptors (Lipinski definition) is 3. The van der Waals surface area contributed by atoms with Crippen LogP contribution in [0.2, 0.25) is 0 Å². The van der Waals surface area contributed by atoms with E-state index in [4.69, 9.17) is 15.0 Å². The van der Waals surface area contributed by atoms with Gasteiger partial charge in [-0.3, -0.25) is 4.99 Å². The first-order valence-electron chi connectivity index (χ1n) is 20.6. The highest BCUT2D eigenvalue weighted by molar-refractivity contribution is 6.11. The van der Waals surface area contributed by atoms with Crippen molar-refractivity contribution in [3.05, 3.63) is 257 Å². The first kappa shape index (κ1) is 35.4. The lowest BCUT2D eigenvalue weighted by atomic mass is 9.69. The topological polar surface area (TPSA) is 38.1 Å². The van der Waals surface area contributed by atoms with Crippen LogP contribution in [0.3, 0.4) is 0 Å². The third kappa shape index (κ3) is 5.94. The quantitative estimate of drug-likeness (QED) is 0.145. The van der Waals surface area contributed by atoms with Crippen LogP contribution in [0.15, 0.2) is 223 Å². The van der Waals surface area contributed by atoms with Crippen molar-refractivity contribution in [1.82, 2.24) is 9.97 Å². The highest BCUT2D eigenvalue weighted by Crippen LogP contribution is 2.64. The Morgan fingerprint density at radius 2 is 0.917 bits per heavy atom. The van der Waals surface area contributed by atoms with Gasteiger partial charge in [-0.25, -0.2) is 9.97 Å². The van der Waals surface area contributed by atoms with Crippen LogP contribution in [0.1, 0.15) is 38.9 Å². The van der Waals surface area contributed by atoms with Gasteiger partial charge in [0.05, 0.1) is 29.1 Å². The Kier molecular flexibility index (Phi) is 8.78. The Balaban J connectivity index is 0.984. The molecule has 2 aliphatic rings. The van der Waals surface area contributed by atoms with Crippen LogP contribution in [-0.2, 0) is 12.0 Å². The lowest BCUT2D eigenvalue weighted by Crippen LogP contribution is -2.27. The number of hydrogen-bond donors (Lipinski definition) is 0. The van der Waals surface area contributed by atoms with Gasteiger partial charge in [0.1, 0.15) is 0 Å². The molecule has 60 heavy (non-hydrogen) atoms. The Hall–Kier alpha value is -7.75. The van der Waals surface area contributed by atoms with Crippen LogP contribution in [0.4, 0.5) is 0 Å². The summed E-state index contributed by atoms with van der Waals surface area (Å²) in [5.41, 5.74) is 18.7. The van der Waals surface area contributed by atoms with Gasteiger partial charge >= 0.3 is 0 Å². The third-order valence-corrected chi connectivity index (χ3v) is 12.0. The molecular weight excluding hydrogens is 727 g/mol. The lowest BCUT2D eigenvalue weighted by Gasteiger charge is -2.31. The molecule has 0 N–H and O–H groups in total. The largest absolute Gasteiger partial charge is 0.280 e. The van der Waals surface area contributed by atoms with E-state index in [1.165, 1.54) is 33.4 Å². The van der Waals surface area contributed by atoms with E-state index in [9.17, 15) is 0 Å². The fraction of sp³-hybridized carbons (Fsp3) is 0.0351. The first-order valence-corrected chi connectivity index (χ1v) is 20.6. The summed E-state index contributed by atoms with van der Waals surface area (Å²) in [7, 11) is 0. The zero-order chi connectivity index (χ0) is 39.9. The Bertz CT molecular complexity index is 3030. The molecule has 3 nitrogen and oxygen atoms in total. The van der Waals surface area contributed by atoms with Crippen molar-refractivity contribution in [2.75, 3.05) is 0 Å². The van der Waals surface area contributed by atoms with Crippen molar-refractivity contribution >= 4 is 11.8 Å². The average Bonchev–Trinajstić information content (AvgIpc) is 3.80. The highest BCUT2D eigenvalue weighted by atomic mass is 14.9. The molecule has 0 unspecified atom stereocenters. The summed E-state index contributed by atoms with van der Waals surface area (Å²) in [5.74, 6) is 0.713. The van der Waals surface area contributed by atoms with Crippen molar-refractivity contribution in [2.24, 2.45) is 4.99 Å². The van der Waals surface area contributed by atoms with Crippen molar-refractivity contribution in [3.63, 3.8) is 0 Å². The summed E-state index contributed by atoms with van der Waals surface area (Å²) in [6.45, 7) is 0.614. The number of aromatic nitrogens is 2. The van der Waals surface area contributed by atoms with Gasteiger partial charge in [0.25, 0.3) is 0 Å². The van der Waals surface area contributed by atoms with Gasteiger partial charge in [0, 0.05) is 22.3 Å². The molecule has 9 aromatic rings. The number of rotatable bonds is 8. The summed E-state index contributed by atoms with van der Waals surface area (Å²) < 4.78 is 0. The summed E-state index contributed by atoms with van der Waals surface area (Å²) in [6.07, 6.45) is 4.25. The molecule has 11 rings (SSSR count). The maximum atomic E-state index is 5.51. The maximum Gasteiger partial charge on any atom is 0.160 e. The van der Waals surface area contributed by atoms with Crippen LogP contribution in [-0.4, -0.2) is 15.7 Å². The van der Waals surface area contributed by atoms with Gasteiger partial charge in [-0.1, -0.05) is 218 Å². The van der Waals surface area contributed by atoms with Gasteiger partial charge in [-0.05, 0) is 61.7 Å². The molecule has 1 aromatic heterocycles. The highest BCUT2D eigenvalue weighted by Gasteiger charge is 2.54. The second kappa shape index (κ2) is 14.9. The fourth-order valence-electron chi connectivity index (χ4n) is 9.28. The zero-order valence-corrected chi connectivity index (χ0v) is 32.9. The molecule has 0 saturated heterocycles. The van der Waals surface area contributed by atoms with Crippen LogP contribution in [0.25, 0.3) is 62.2 Å². The molecule has 0 amide bonds. The van der Waals surface area contributed by atoms with Crippen LogP contribution in [0, 0.1) is 0 Å². The molecule has 282 valence electrons. The summed E-state index contributed by atoms with van der Waals surface area (Å²) in [6, 6.07) is 75.4. The summed E-state index contributed by atoms with van der Waals surface area (Å²) >= 11 is 0. The van der Waals surface area contributed by atoms with Gasteiger partial charge in [0.2, 0.25) is 0 Å². The molecule has 3 heteroatoms. The molecule has 1 heterocycles. The van der Waals surface area contributed by atoms with Crippen LogP contribution >= 0.6 is 0 Å². The molecule has 0 fully saturated rings. The van der Waals surface area contributed by atoms with E-state index >= 15 is 0 Å². The number of benzene rings is 8.